The van der Waals surface area contributed by atoms with E-state index in [-0.39, 0.29) is 0 Å². The third kappa shape index (κ3) is 1.30. The zero-order valence-electron chi connectivity index (χ0n) is 5.50. The van der Waals surface area contributed by atoms with Crippen LogP contribution in [0, 0.1) is 0 Å². The first-order chi connectivity index (χ1) is 5.04. The van der Waals surface area contributed by atoms with Crippen molar-refractivity contribution in [3.8, 4) is 0 Å². The fraction of sp³-hybridized carbons (Fsp3) is 0.200. The molecule has 6 nitrogen and oxygen atoms in total. The zero-order chi connectivity index (χ0) is 8.48. The molecule has 0 radical (unpaired) electrons. The smallest absolute Gasteiger partial charge is 0.299 e. The van der Waals surface area contributed by atoms with E-state index < -0.39 is 17.7 Å². The van der Waals surface area contributed by atoms with Crippen LogP contribution in [0.3, 0.4) is 0 Å². The monoisotopic (exact) mass is 157 g/mol. The van der Waals surface area contributed by atoms with Crippen LogP contribution in [0.5, 0.6) is 0 Å². The number of rotatable bonds is 1. The van der Waals surface area contributed by atoms with E-state index in [0.29, 0.717) is 0 Å². The molecule has 1 heterocycles. The molecule has 0 aromatic heterocycles. The first kappa shape index (κ1) is 7.55. The van der Waals surface area contributed by atoms with Crippen LogP contribution in [0.2, 0.25) is 0 Å². The van der Waals surface area contributed by atoms with Gasteiger partial charge in [0.1, 0.15) is 0 Å². The molecule has 1 atom stereocenters. The fourth-order valence-electron chi connectivity index (χ4n) is 0.627. The second-order valence-corrected chi connectivity index (χ2v) is 2.04. The zero-order valence-corrected chi connectivity index (χ0v) is 5.50. The number of hydrogen-bond donors (Lipinski definition) is 4. The largest absolute Gasteiger partial charge is 0.364 e. The van der Waals surface area contributed by atoms with Gasteiger partial charge in [-0.1, -0.05) is 0 Å². The molecule has 5 N–H and O–H groups in total. The molecule has 0 saturated heterocycles. The van der Waals surface area contributed by atoms with Gasteiger partial charge in [-0.2, -0.15) is 0 Å². The molecule has 1 aliphatic heterocycles. The van der Waals surface area contributed by atoms with Crippen molar-refractivity contribution in [3.05, 3.63) is 12.3 Å². The molecule has 0 aromatic rings. The van der Waals surface area contributed by atoms with Crippen molar-refractivity contribution in [2.75, 3.05) is 0 Å². The van der Waals surface area contributed by atoms with Gasteiger partial charge in [-0.3, -0.25) is 14.9 Å². The Labute approximate surface area is 62.1 Å². The average Bonchev–Trinajstić information content (AvgIpc) is 1.86. The average molecular weight is 157 g/mol. The number of nitrogens with two attached hydrogens (primary N) is 1. The lowest BCUT2D eigenvalue weighted by Gasteiger charge is -2.27. The van der Waals surface area contributed by atoms with Gasteiger partial charge in [0.2, 0.25) is 5.91 Å². The molecule has 1 rings (SSSR count). The van der Waals surface area contributed by atoms with E-state index in [1.807, 2.05) is 5.32 Å². The maximum atomic E-state index is 10.6. The van der Waals surface area contributed by atoms with Crippen molar-refractivity contribution in [1.82, 2.24) is 10.6 Å². The van der Waals surface area contributed by atoms with Crippen LogP contribution in [0.25, 0.3) is 0 Å². The summed E-state index contributed by atoms with van der Waals surface area (Å²) in [7, 11) is 0. The van der Waals surface area contributed by atoms with Crippen molar-refractivity contribution in [1.29, 1.82) is 0 Å². The van der Waals surface area contributed by atoms with Gasteiger partial charge in [-0.25, -0.2) is 0 Å². The number of hydrogen-bond acceptors (Lipinski definition) is 4. The Kier molecular flexibility index (Phi) is 1.54. The van der Waals surface area contributed by atoms with E-state index in [9.17, 15) is 9.59 Å². The molecule has 6 heteroatoms. The third-order valence-electron chi connectivity index (χ3n) is 1.19. The summed E-state index contributed by atoms with van der Waals surface area (Å²) in [5.74, 6) is -3.79. The summed E-state index contributed by atoms with van der Waals surface area (Å²) in [4.78, 5) is 21.1. The van der Waals surface area contributed by atoms with Gasteiger partial charge < -0.3 is 16.2 Å². The van der Waals surface area contributed by atoms with Gasteiger partial charge >= 0.3 is 0 Å². The lowest BCUT2D eigenvalue weighted by Crippen LogP contribution is -2.66. The lowest BCUT2D eigenvalue weighted by molar-refractivity contribution is -0.148. The Morgan fingerprint density at radius 3 is 2.73 bits per heavy atom. The second-order valence-electron chi connectivity index (χ2n) is 2.04. The molecule has 0 spiro atoms. The number of amides is 2. The summed E-state index contributed by atoms with van der Waals surface area (Å²) in [6.45, 7) is 0. The Bertz CT molecular complexity index is 237. The molecule has 0 bridgehead atoms. The standard InChI is InChI=1S/C5H7N3O3/c6-4(10)5(11)7-2-1-3(9)8-5/h1-2,7,11H,(H2,6,10)(H,8,9). The third-order valence-corrected chi connectivity index (χ3v) is 1.19. The Morgan fingerprint density at radius 2 is 2.36 bits per heavy atom. The highest BCUT2D eigenvalue weighted by atomic mass is 16.3. The van der Waals surface area contributed by atoms with Gasteiger partial charge in [-0.05, 0) is 0 Å². The molecule has 60 valence electrons. The molecule has 0 aromatic carbocycles. The van der Waals surface area contributed by atoms with Crippen molar-refractivity contribution < 1.29 is 14.7 Å². The molecule has 0 saturated carbocycles. The van der Waals surface area contributed by atoms with Crippen LogP contribution >= 0.6 is 0 Å². The topological polar surface area (TPSA) is 104 Å². The summed E-state index contributed by atoms with van der Waals surface area (Å²) in [6, 6.07) is 0. The molecule has 0 aliphatic carbocycles. The van der Waals surface area contributed by atoms with Gasteiger partial charge in [0.25, 0.3) is 11.8 Å². The van der Waals surface area contributed by atoms with E-state index in [4.69, 9.17) is 10.8 Å². The summed E-state index contributed by atoms with van der Waals surface area (Å²) >= 11 is 0. The van der Waals surface area contributed by atoms with E-state index in [0.717, 1.165) is 12.3 Å². The van der Waals surface area contributed by atoms with Gasteiger partial charge in [0, 0.05) is 12.3 Å². The van der Waals surface area contributed by atoms with E-state index in [1.165, 1.54) is 0 Å². The predicted molar refractivity (Wildman–Crippen MR) is 34.6 cm³/mol. The molecule has 2 amide bonds. The van der Waals surface area contributed by atoms with Gasteiger partial charge in [0.05, 0.1) is 0 Å². The highest BCUT2D eigenvalue weighted by Crippen LogP contribution is 1.97. The molecular formula is C5H7N3O3. The number of carbonyl (C=O) groups excluding carboxylic acids is 2. The summed E-state index contributed by atoms with van der Waals surface area (Å²) < 4.78 is 0. The molecule has 0 fully saturated rings. The normalized spacial score (nSPS) is 29.0. The second kappa shape index (κ2) is 2.24. The first-order valence-electron chi connectivity index (χ1n) is 2.83. The highest BCUT2D eigenvalue weighted by Gasteiger charge is 2.36. The van der Waals surface area contributed by atoms with Crippen LogP contribution in [-0.4, -0.2) is 22.8 Å². The Hall–Kier alpha value is -1.56. The minimum absolute atomic E-state index is 0.579. The first-order valence-corrected chi connectivity index (χ1v) is 2.83. The minimum Gasteiger partial charge on any atom is -0.364 e. The fourth-order valence-corrected chi connectivity index (χ4v) is 0.627. The SMILES string of the molecule is NC(=O)C1(O)NC=CC(=O)N1. The quantitative estimate of drug-likeness (QED) is 0.333. The van der Waals surface area contributed by atoms with Crippen molar-refractivity contribution in [3.63, 3.8) is 0 Å². The van der Waals surface area contributed by atoms with Crippen molar-refractivity contribution in [2.45, 2.75) is 5.85 Å². The Morgan fingerprint density at radius 1 is 1.73 bits per heavy atom. The predicted octanol–water partition coefficient (Wildman–Crippen LogP) is -2.65. The Balaban J connectivity index is 2.83. The van der Waals surface area contributed by atoms with Gasteiger partial charge in [0.15, 0.2) is 0 Å². The number of nitrogens with one attached hydrogen (secondary N) is 2. The maximum absolute atomic E-state index is 10.6. The van der Waals surface area contributed by atoms with Crippen LogP contribution in [0.4, 0.5) is 0 Å². The van der Waals surface area contributed by atoms with E-state index in [2.05, 4.69) is 5.32 Å². The summed E-state index contributed by atoms with van der Waals surface area (Å²) in [5, 5.41) is 13.3. The number of aliphatic hydroxyl groups is 1. The van der Waals surface area contributed by atoms with Crippen molar-refractivity contribution >= 4 is 11.8 Å². The molecule has 1 unspecified atom stereocenters. The molecule has 1 aliphatic rings. The number of primary amides is 1. The molecule has 11 heavy (non-hydrogen) atoms. The molecular weight excluding hydrogens is 150 g/mol. The highest BCUT2D eigenvalue weighted by molar-refractivity contribution is 5.95. The van der Waals surface area contributed by atoms with Crippen LogP contribution < -0.4 is 16.4 Å². The summed E-state index contributed by atoms with van der Waals surface area (Å²) in [5.41, 5.74) is 4.76. The minimum atomic E-state index is -2.15. The maximum Gasteiger partial charge on any atom is 0.299 e. The van der Waals surface area contributed by atoms with Crippen molar-refractivity contribution in [2.24, 2.45) is 5.73 Å². The number of carbonyl (C=O) groups is 2. The lowest BCUT2D eigenvalue weighted by atomic mass is 10.3. The van der Waals surface area contributed by atoms with E-state index in [1.54, 1.807) is 0 Å². The van der Waals surface area contributed by atoms with Crippen LogP contribution in [-0.2, 0) is 9.59 Å². The van der Waals surface area contributed by atoms with Crippen LogP contribution in [0.15, 0.2) is 12.3 Å². The van der Waals surface area contributed by atoms with Crippen LogP contribution in [0.1, 0.15) is 0 Å². The van der Waals surface area contributed by atoms with E-state index >= 15 is 0 Å². The summed E-state index contributed by atoms with van der Waals surface area (Å²) in [6.07, 6.45) is 2.26. The van der Waals surface area contributed by atoms with Gasteiger partial charge in [-0.15, -0.1) is 0 Å².